The van der Waals surface area contributed by atoms with Crippen LogP contribution in [-0.4, -0.2) is 56.1 Å². The van der Waals surface area contributed by atoms with Gasteiger partial charge >= 0.3 is 0 Å². The Kier molecular flexibility index (Phi) is 5.95. The Morgan fingerprint density at radius 3 is 2.40 bits per heavy atom. The lowest BCUT2D eigenvalue weighted by Gasteiger charge is -2.32. The Morgan fingerprint density at radius 2 is 1.80 bits per heavy atom. The van der Waals surface area contributed by atoms with Crippen LogP contribution >= 0.6 is 0 Å². The van der Waals surface area contributed by atoms with Gasteiger partial charge in [0.05, 0.1) is 0 Å². The summed E-state index contributed by atoms with van der Waals surface area (Å²) in [5.41, 5.74) is 1.17. The Hall–Kier alpha value is -0.970. The van der Waals surface area contributed by atoms with Gasteiger partial charge in [0.2, 0.25) is 0 Å². The van der Waals surface area contributed by atoms with Gasteiger partial charge in [-0.1, -0.05) is 19.1 Å². The molecule has 3 nitrogen and oxygen atoms in total. The quantitative estimate of drug-likeness (QED) is 0.860. The molecule has 0 bridgehead atoms. The Bertz CT molecular complexity index is 385. The second-order valence-corrected chi connectivity index (χ2v) is 5.61. The number of nitrogens with one attached hydrogen (secondary N) is 1. The minimum Gasteiger partial charge on any atom is -0.309 e. The summed E-state index contributed by atoms with van der Waals surface area (Å²) in [6.45, 7) is 8.88. The molecule has 0 spiro atoms. The van der Waals surface area contributed by atoms with Gasteiger partial charge in [-0.2, -0.15) is 0 Å². The van der Waals surface area contributed by atoms with E-state index < -0.39 is 0 Å². The smallest absolute Gasteiger partial charge is 0.123 e. The van der Waals surface area contributed by atoms with Crippen molar-refractivity contribution in [2.24, 2.45) is 0 Å². The second-order valence-electron chi connectivity index (χ2n) is 5.61. The van der Waals surface area contributed by atoms with Crippen LogP contribution in [0.25, 0.3) is 0 Å². The van der Waals surface area contributed by atoms with E-state index in [-0.39, 0.29) is 5.82 Å². The molecule has 2 rings (SSSR count). The standard InChI is InChI=1S/C16H26FN3/c1-3-16(14-4-6-15(17)7-5-14)18-8-9-20-12-10-19(2)11-13-20/h4-7,16,18H,3,8-13H2,1-2H3. The molecule has 1 unspecified atom stereocenters. The molecule has 112 valence electrons. The highest BCUT2D eigenvalue weighted by atomic mass is 19.1. The van der Waals surface area contributed by atoms with E-state index in [0.717, 1.165) is 45.7 Å². The number of benzene rings is 1. The van der Waals surface area contributed by atoms with Crippen molar-refractivity contribution in [1.82, 2.24) is 15.1 Å². The van der Waals surface area contributed by atoms with Crippen molar-refractivity contribution in [3.63, 3.8) is 0 Å². The molecule has 1 saturated heterocycles. The fourth-order valence-corrected chi connectivity index (χ4v) is 2.66. The lowest BCUT2D eigenvalue weighted by atomic mass is 10.0. The number of halogens is 1. The van der Waals surface area contributed by atoms with Gasteiger partial charge in [-0.3, -0.25) is 4.90 Å². The third-order valence-corrected chi connectivity index (χ3v) is 4.10. The monoisotopic (exact) mass is 279 g/mol. The first-order valence-corrected chi connectivity index (χ1v) is 7.58. The zero-order chi connectivity index (χ0) is 14.4. The Morgan fingerprint density at radius 1 is 1.15 bits per heavy atom. The lowest BCUT2D eigenvalue weighted by Crippen LogP contribution is -2.46. The van der Waals surface area contributed by atoms with Crippen LogP contribution in [0.15, 0.2) is 24.3 Å². The van der Waals surface area contributed by atoms with Crippen molar-refractivity contribution in [2.75, 3.05) is 46.3 Å². The van der Waals surface area contributed by atoms with Crippen LogP contribution in [-0.2, 0) is 0 Å². The summed E-state index contributed by atoms with van der Waals surface area (Å²) in [6, 6.07) is 7.17. The van der Waals surface area contributed by atoms with Gasteiger partial charge in [0.25, 0.3) is 0 Å². The third kappa shape index (κ3) is 4.54. The second kappa shape index (κ2) is 7.72. The molecule has 0 aliphatic carbocycles. The predicted molar refractivity (Wildman–Crippen MR) is 81.4 cm³/mol. The van der Waals surface area contributed by atoms with Crippen LogP contribution in [0.3, 0.4) is 0 Å². The molecule has 20 heavy (non-hydrogen) atoms. The zero-order valence-electron chi connectivity index (χ0n) is 12.6. The van der Waals surface area contributed by atoms with Crippen molar-refractivity contribution in [3.8, 4) is 0 Å². The van der Waals surface area contributed by atoms with E-state index in [2.05, 4.69) is 29.1 Å². The van der Waals surface area contributed by atoms with E-state index in [4.69, 9.17) is 0 Å². The number of piperazine rings is 1. The summed E-state index contributed by atoms with van der Waals surface area (Å²) in [6.07, 6.45) is 1.02. The first kappa shape index (κ1) is 15.4. The van der Waals surface area contributed by atoms with Crippen LogP contribution in [0.2, 0.25) is 0 Å². The Balaban J connectivity index is 1.75. The first-order valence-electron chi connectivity index (χ1n) is 7.58. The summed E-state index contributed by atoms with van der Waals surface area (Å²) >= 11 is 0. The SMILES string of the molecule is CCC(NCCN1CCN(C)CC1)c1ccc(F)cc1. The average Bonchev–Trinajstić information content (AvgIpc) is 2.47. The summed E-state index contributed by atoms with van der Waals surface area (Å²) in [5.74, 6) is -0.166. The molecular formula is C16H26FN3. The van der Waals surface area contributed by atoms with Crippen molar-refractivity contribution in [1.29, 1.82) is 0 Å². The fraction of sp³-hybridized carbons (Fsp3) is 0.625. The summed E-state index contributed by atoms with van der Waals surface area (Å²) < 4.78 is 12.9. The summed E-state index contributed by atoms with van der Waals surface area (Å²) in [7, 11) is 2.18. The van der Waals surface area contributed by atoms with Gasteiger partial charge in [-0.05, 0) is 31.2 Å². The van der Waals surface area contributed by atoms with E-state index >= 15 is 0 Å². The van der Waals surface area contributed by atoms with Crippen LogP contribution in [0.4, 0.5) is 4.39 Å². The highest BCUT2D eigenvalue weighted by Gasteiger charge is 2.14. The van der Waals surface area contributed by atoms with Crippen molar-refractivity contribution in [2.45, 2.75) is 19.4 Å². The van der Waals surface area contributed by atoms with Gasteiger partial charge in [0.15, 0.2) is 0 Å². The van der Waals surface area contributed by atoms with E-state index in [1.165, 1.54) is 5.56 Å². The number of likely N-dealkylation sites (N-methyl/N-ethyl adjacent to an activating group) is 1. The normalized spacial score (nSPS) is 19.1. The van der Waals surface area contributed by atoms with Gasteiger partial charge in [-0.25, -0.2) is 4.39 Å². The lowest BCUT2D eigenvalue weighted by molar-refractivity contribution is 0.153. The zero-order valence-corrected chi connectivity index (χ0v) is 12.6. The van der Waals surface area contributed by atoms with Crippen LogP contribution in [0, 0.1) is 5.82 Å². The van der Waals surface area contributed by atoms with Crippen LogP contribution < -0.4 is 5.32 Å². The van der Waals surface area contributed by atoms with Crippen molar-refractivity contribution in [3.05, 3.63) is 35.6 Å². The maximum absolute atomic E-state index is 12.9. The molecule has 1 aromatic rings. The molecule has 1 atom stereocenters. The van der Waals surface area contributed by atoms with Gasteiger partial charge in [0.1, 0.15) is 5.82 Å². The number of rotatable bonds is 6. The van der Waals surface area contributed by atoms with E-state index in [9.17, 15) is 4.39 Å². The third-order valence-electron chi connectivity index (χ3n) is 4.10. The molecule has 0 amide bonds. The maximum atomic E-state index is 12.9. The van der Waals surface area contributed by atoms with Gasteiger partial charge < -0.3 is 10.2 Å². The van der Waals surface area contributed by atoms with Gasteiger partial charge in [-0.15, -0.1) is 0 Å². The Labute approximate surface area is 121 Å². The topological polar surface area (TPSA) is 18.5 Å². The van der Waals surface area contributed by atoms with E-state index in [0.29, 0.717) is 6.04 Å². The van der Waals surface area contributed by atoms with Crippen LogP contribution in [0.1, 0.15) is 24.9 Å². The molecule has 0 aromatic heterocycles. The minimum absolute atomic E-state index is 0.166. The largest absolute Gasteiger partial charge is 0.309 e. The molecular weight excluding hydrogens is 253 g/mol. The molecule has 0 saturated carbocycles. The predicted octanol–water partition coefficient (Wildman–Crippen LogP) is 2.11. The molecule has 1 fully saturated rings. The molecule has 4 heteroatoms. The highest BCUT2D eigenvalue weighted by Crippen LogP contribution is 2.16. The van der Waals surface area contributed by atoms with Crippen LogP contribution in [0.5, 0.6) is 0 Å². The minimum atomic E-state index is -0.166. The van der Waals surface area contributed by atoms with E-state index in [1.807, 2.05) is 12.1 Å². The fourth-order valence-electron chi connectivity index (χ4n) is 2.66. The summed E-state index contributed by atoms with van der Waals surface area (Å²) in [5, 5.41) is 3.59. The number of hydrogen-bond acceptors (Lipinski definition) is 3. The van der Waals surface area contributed by atoms with Crippen molar-refractivity contribution >= 4 is 0 Å². The average molecular weight is 279 g/mol. The molecule has 1 aliphatic heterocycles. The number of hydrogen-bond donors (Lipinski definition) is 1. The van der Waals surface area contributed by atoms with E-state index in [1.54, 1.807) is 12.1 Å². The molecule has 1 heterocycles. The molecule has 1 aliphatic rings. The maximum Gasteiger partial charge on any atom is 0.123 e. The van der Waals surface area contributed by atoms with Gasteiger partial charge in [0, 0.05) is 45.3 Å². The molecule has 0 radical (unpaired) electrons. The molecule has 1 N–H and O–H groups in total. The molecule has 1 aromatic carbocycles. The summed E-state index contributed by atoms with van der Waals surface area (Å²) in [4.78, 5) is 4.88. The van der Waals surface area contributed by atoms with Crippen molar-refractivity contribution < 1.29 is 4.39 Å². The highest BCUT2D eigenvalue weighted by molar-refractivity contribution is 5.19. The first-order chi connectivity index (χ1) is 9.69. The number of nitrogens with zero attached hydrogens (tertiary/aromatic N) is 2.